The summed E-state index contributed by atoms with van der Waals surface area (Å²) in [6.45, 7) is 1.97. The van der Waals surface area contributed by atoms with Crippen molar-refractivity contribution in [3.05, 3.63) is 40.1 Å². The lowest BCUT2D eigenvalue weighted by atomic mass is 10.2. The molecule has 2 heterocycles. The van der Waals surface area contributed by atoms with Gasteiger partial charge in [-0.3, -0.25) is 4.79 Å². The Morgan fingerprint density at radius 1 is 1.22 bits per heavy atom. The van der Waals surface area contributed by atoms with Gasteiger partial charge in [0.25, 0.3) is 5.91 Å². The van der Waals surface area contributed by atoms with Crippen molar-refractivity contribution >= 4 is 45.7 Å². The van der Waals surface area contributed by atoms with E-state index in [4.69, 9.17) is 0 Å². The molecule has 0 fully saturated rings. The first kappa shape index (κ1) is 11.3. The number of benzene rings is 1. The summed E-state index contributed by atoms with van der Waals surface area (Å²) in [5.41, 5.74) is 3.50. The Morgan fingerprint density at radius 3 is 2.83 bits per heavy atom. The van der Waals surface area contributed by atoms with Gasteiger partial charge in [0.05, 0.1) is 16.6 Å². The van der Waals surface area contributed by atoms with Crippen molar-refractivity contribution in [3.63, 3.8) is 0 Å². The maximum Gasteiger partial charge on any atom is 0.265 e. The largest absolute Gasteiger partial charge is 0.321 e. The van der Waals surface area contributed by atoms with Crippen molar-refractivity contribution in [2.24, 2.45) is 0 Å². The summed E-state index contributed by atoms with van der Waals surface area (Å²) in [6.07, 6.45) is 0. The highest BCUT2D eigenvalue weighted by Gasteiger charge is 2.09. The number of amides is 1. The van der Waals surface area contributed by atoms with Crippen LogP contribution in [0, 0.1) is 6.92 Å². The fraction of sp³-hybridized carbons (Fsp3) is 0.0833. The van der Waals surface area contributed by atoms with Crippen molar-refractivity contribution in [1.82, 2.24) is 8.75 Å². The molecule has 1 amide bonds. The second-order valence-electron chi connectivity index (χ2n) is 3.91. The molecule has 1 aromatic carbocycles. The molecule has 90 valence electrons. The van der Waals surface area contributed by atoms with Gasteiger partial charge in [-0.1, -0.05) is 0 Å². The van der Waals surface area contributed by atoms with E-state index < -0.39 is 0 Å². The molecule has 6 heteroatoms. The summed E-state index contributed by atoms with van der Waals surface area (Å²) in [5, 5.41) is 4.82. The Hall–Kier alpha value is -1.79. The van der Waals surface area contributed by atoms with E-state index >= 15 is 0 Å². The van der Waals surface area contributed by atoms with Crippen LogP contribution in [-0.2, 0) is 0 Å². The molecule has 3 rings (SSSR count). The van der Waals surface area contributed by atoms with Crippen LogP contribution in [0.25, 0.3) is 11.0 Å². The van der Waals surface area contributed by atoms with Crippen molar-refractivity contribution in [2.45, 2.75) is 6.92 Å². The highest BCUT2D eigenvalue weighted by atomic mass is 32.1. The third-order valence-electron chi connectivity index (χ3n) is 2.47. The van der Waals surface area contributed by atoms with Crippen molar-refractivity contribution in [3.8, 4) is 0 Å². The number of rotatable bonds is 2. The first-order valence-corrected chi connectivity index (χ1v) is 6.92. The summed E-state index contributed by atoms with van der Waals surface area (Å²) in [4.78, 5) is 12.7. The lowest BCUT2D eigenvalue weighted by Gasteiger charge is -2.02. The minimum absolute atomic E-state index is 0.0874. The number of thiophene rings is 1. The highest BCUT2D eigenvalue weighted by Crippen LogP contribution is 2.19. The molecular weight excluding hydrogens is 266 g/mol. The quantitative estimate of drug-likeness (QED) is 0.780. The van der Waals surface area contributed by atoms with Crippen LogP contribution in [0.2, 0.25) is 0 Å². The third-order valence-corrected chi connectivity index (χ3v) is 4.07. The molecule has 0 unspecified atom stereocenters. The molecule has 4 nitrogen and oxygen atoms in total. The van der Waals surface area contributed by atoms with Gasteiger partial charge in [0.15, 0.2) is 0 Å². The SMILES string of the molecule is Cc1csc(C(=O)Nc2ccc3nsnc3c2)c1. The molecule has 3 aromatic rings. The molecule has 0 atom stereocenters. The fourth-order valence-electron chi connectivity index (χ4n) is 1.60. The minimum atomic E-state index is -0.0874. The Kier molecular flexibility index (Phi) is 2.81. The Morgan fingerprint density at radius 2 is 2.06 bits per heavy atom. The predicted molar refractivity (Wildman–Crippen MR) is 74.4 cm³/mol. The van der Waals surface area contributed by atoms with Crippen LogP contribution in [0.15, 0.2) is 29.6 Å². The van der Waals surface area contributed by atoms with Crippen LogP contribution < -0.4 is 5.32 Å². The van der Waals surface area contributed by atoms with E-state index in [0.717, 1.165) is 22.3 Å². The summed E-state index contributed by atoms with van der Waals surface area (Å²) in [7, 11) is 0. The molecule has 0 saturated carbocycles. The first-order valence-electron chi connectivity index (χ1n) is 5.31. The zero-order valence-electron chi connectivity index (χ0n) is 9.51. The van der Waals surface area contributed by atoms with E-state index in [0.29, 0.717) is 4.88 Å². The highest BCUT2D eigenvalue weighted by molar-refractivity contribution is 7.12. The topological polar surface area (TPSA) is 54.9 Å². The van der Waals surface area contributed by atoms with E-state index in [1.165, 1.54) is 23.1 Å². The average molecular weight is 275 g/mol. The summed E-state index contributed by atoms with van der Waals surface area (Å²) >= 11 is 2.61. The lowest BCUT2D eigenvalue weighted by Crippen LogP contribution is -2.09. The third kappa shape index (κ3) is 2.12. The molecule has 0 bridgehead atoms. The number of nitrogens with zero attached hydrogens (tertiary/aromatic N) is 2. The van der Waals surface area contributed by atoms with Gasteiger partial charge in [-0.25, -0.2) is 0 Å². The van der Waals surface area contributed by atoms with Gasteiger partial charge in [0.1, 0.15) is 11.0 Å². The zero-order chi connectivity index (χ0) is 12.5. The van der Waals surface area contributed by atoms with Gasteiger partial charge in [0.2, 0.25) is 0 Å². The lowest BCUT2D eigenvalue weighted by molar-refractivity contribution is 0.103. The Balaban J connectivity index is 1.85. The monoisotopic (exact) mass is 275 g/mol. The molecule has 0 radical (unpaired) electrons. The second kappa shape index (κ2) is 4.47. The minimum Gasteiger partial charge on any atom is -0.321 e. The molecule has 0 spiro atoms. The van der Waals surface area contributed by atoms with E-state index in [9.17, 15) is 4.79 Å². The van der Waals surface area contributed by atoms with Crippen molar-refractivity contribution in [2.75, 3.05) is 5.32 Å². The van der Waals surface area contributed by atoms with Gasteiger partial charge < -0.3 is 5.32 Å². The molecule has 2 aromatic heterocycles. The number of anilines is 1. The molecule has 1 N–H and O–H groups in total. The van der Waals surface area contributed by atoms with E-state index in [1.807, 2.05) is 36.6 Å². The summed E-state index contributed by atoms with van der Waals surface area (Å²) in [5.74, 6) is -0.0874. The maximum atomic E-state index is 12.0. The molecular formula is C12H9N3OS2. The van der Waals surface area contributed by atoms with Crippen LogP contribution in [-0.4, -0.2) is 14.7 Å². The normalized spacial score (nSPS) is 10.7. The van der Waals surface area contributed by atoms with Crippen LogP contribution in [0.4, 0.5) is 5.69 Å². The Labute approximate surface area is 112 Å². The molecule has 0 aliphatic rings. The smallest absolute Gasteiger partial charge is 0.265 e. The van der Waals surface area contributed by atoms with E-state index in [2.05, 4.69) is 14.1 Å². The number of carbonyl (C=O) groups excluding carboxylic acids is 1. The fourth-order valence-corrected chi connectivity index (χ4v) is 2.91. The standard InChI is InChI=1S/C12H9N3OS2/c1-7-4-11(17-6-7)12(16)13-8-2-3-9-10(5-8)15-18-14-9/h2-6H,1H3,(H,13,16). The summed E-state index contributed by atoms with van der Waals surface area (Å²) < 4.78 is 8.27. The number of hydrogen-bond acceptors (Lipinski definition) is 5. The van der Waals surface area contributed by atoms with Crippen LogP contribution in [0.3, 0.4) is 0 Å². The van der Waals surface area contributed by atoms with Crippen LogP contribution in [0.5, 0.6) is 0 Å². The predicted octanol–water partition coefficient (Wildman–Crippen LogP) is 3.31. The van der Waals surface area contributed by atoms with Gasteiger partial charge in [0, 0.05) is 5.69 Å². The zero-order valence-corrected chi connectivity index (χ0v) is 11.1. The average Bonchev–Trinajstić information content (AvgIpc) is 2.96. The van der Waals surface area contributed by atoms with Gasteiger partial charge in [-0.2, -0.15) is 8.75 Å². The maximum absolute atomic E-state index is 12.0. The van der Waals surface area contributed by atoms with Crippen molar-refractivity contribution in [1.29, 1.82) is 0 Å². The first-order chi connectivity index (χ1) is 8.72. The molecule has 0 aliphatic heterocycles. The van der Waals surface area contributed by atoms with E-state index in [-0.39, 0.29) is 5.91 Å². The van der Waals surface area contributed by atoms with E-state index in [1.54, 1.807) is 0 Å². The number of nitrogens with one attached hydrogen (secondary N) is 1. The van der Waals surface area contributed by atoms with Crippen LogP contribution in [0.1, 0.15) is 15.2 Å². The molecule has 18 heavy (non-hydrogen) atoms. The Bertz CT molecular complexity index is 717. The number of carbonyl (C=O) groups is 1. The molecule has 0 aliphatic carbocycles. The number of fused-ring (bicyclic) bond motifs is 1. The van der Waals surface area contributed by atoms with Gasteiger partial charge >= 0.3 is 0 Å². The van der Waals surface area contributed by atoms with Gasteiger partial charge in [-0.15, -0.1) is 11.3 Å². The van der Waals surface area contributed by atoms with Crippen molar-refractivity contribution < 1.29 is 4.79 Å². The number of aryl methyl sites for hydroxylation is 1. The van der Waals surface area contributed by atoms with Crippen LogP contribution >= 0.6 is 23.1 Å². The van der Waals surface area contributed by atoms with Gasteiger partial charge in [-0.05, 0) is 42.1 Å². The summed E-state index contributed by atoms with van der Waals surface area (Å²) in [6, 6.07) is 7.40. The second-order valence-corrected chi connectivity index (χ2v) is 5.35. The number of hydrogen-bond donors (Lipinski definition) is 1. The number of aromatic nitrogens is 2. The molecule has 0 saturated heterocycles.